The Morgan fingerprint density at radius 1 is 1.35 bits per heavy atom. The number of imidazole rings is 1. The van der Waals surface area contributed by atoms with Crippen LogP contribution in [0, 0.1) is 0 Å². The zero-order chi connectivity index (χ0) is 11.8. The summed E-state index contributed by atoms with van der Waals surface area (Å²) in [5.41, 5.74) is 1.23. The highest BCUT2D eigenvalue weighted by molar-refractivity contribution is 5.81. The molecular weight excluding hydrogens is 220 g/mol. The molecule has 0 saturated heterocycles. The molecule has 5 nitrogen and oxygen atoms in total. The zero-order valence-electron chi connectivity index (χ0n) is 8.68. The van der Waals surface area contributed by atoms with Crippen molar-refractivity contribution in [3.63, 3.8) is 0 Å². The topological polar surface area (TPSA) is 79.1 Å². The van der Waals surface area contributed by atoms with Crippen LogP contribution in [0.25, 0.3) is 22.2 Å². The van der Waals surface area contributed by atoms with E-state index in [1.807, 2.05) is 0 Å². The Labute approximate surface area is 95.4 Å². The number of benzene rings is 1. The number of aromatic hydroxyl groups is 1. The van der Waals surface area contributed by atoms with Crippen molar-refractivity contribution >= 4 is 11.0 Å². The van der Waals surface area contributed by atoms with Crippen LogP contribution in [-0.2, 0) is 0 Å². The molecule has 0 saturated carbocycles. The number of hydrogen-bond donors (Lipinski definition) is 2. The molecule has 0 amide bonds. The van der Waals surface area contributed by atoms with Crippen molar-refractivity contribution < 1.29 is 9.52 Å². The number of nitrogens with one attached hydrogen (secondary N) is 1. The first-order chi connectivity index (χ1) is 8.25. The predicted molar refractivity (Wildman–Crippen MR) is 61.7 cm³/mol. The van der Waals surface area contributed by atoms with Crippen LogP contribution >= 0.6 is 0 Å². The van der Waals surface area contributed by atoms with Gasteiger partial charge in [0.25, 0.3) is 0 Å². The summed E-state index contributed by atoms with van der Waals surface area (Å²) in [4.78, 5) is 18.9. The van der Waals surface area contributed by atoms with Gasteiger partial charge in [0.1, 0.15) is 17.6 Å². The van der Waals surface area contributed by atoms with Gasteiger partial charge in [-0.2, -0.15) is 0 Å². The first-order valence-electron chi connectivity index (χ1n) is 4.99. The van der Waals surface area contributed by atoms with Crippen LogP contribution in [0.4, 0.5) is 0 Å². The summed E-state index contributed by atoms with van der Waals surface area (Å²) in [6, 6.07) is 4.40. The monoisotopic (exact) mass is 228 g/mol. The molecule has 0 atom stereocenters. The van der Waals surface area contributed by atoms with E-state index in [4.69, 9.17) is 4.42 Å². The Balaban J connectivity index is 2.34. The smallest absolute Gasteiger partial charge is 0.202 e. The van der Waals surface area contributed by atoms with Gasteiger partial charge in [0.2, 0.25) is 5.43 Å². The van der Waals surface area contributed by atoms with E-state index in [1.54, 1.807) is 6.20 Å². The number of phenolic OH excluding ortho intramolecular Hbond substituents is 1. The number of aromatic nitrogens is 2. The quantitative estimate of drug-likeness (QED) is 0.666. The number of hydrogen-bond acceptors (Lipinski definition) is 4. The first-order valence-corrected chi connectivity index (χ1v) is 4.99. The SMILES string of the molecule is O=c1c(-c2cnc[nH]2)coc2cc(O)ccc12. The molecule has 3 rings (SSSR count). The highest BCUT2D eigenvalue weighted by Gasteiger charge is 2.10. The number of aromatic amines is 1. The van der Waals surface area contributed by atoms with E-state index in [9.17, 15) is 9.90 Å². The standard InChI is InChI=1S/C12H8N2O3/c15-7-1-2-8-11(3-7)17-5-9(12(8)16)10-4-13-6-14-10/h1-6,15H,(H,13,14). The van der Waals surface area contributed by atoms with Crippen LogP contribution in [0.2, 0.25) is 0 Å². The van der Waals surface area contributed by atoms with E-state index in [0.29, 0.717) is 22.2 Å². The summed E-state index contributed by atoms with van der Waals surface area (Å²) in [7, 11) is 0. The Morgan fingerprint density at radius 2 is 2.24 bits per heavy atom. The third-order valence-corrected chi connectivity index (χ3v) is 2.55. The molecule has 0 spiro atoms. The molecule has 0 radical (unpaired) electrons. The molecule has 3 aromatic rings. The molecule has 0 fully saturated rings. The van der Waals surface area contributed by atoms with Gasteiger partial charge in [-0.3, -0.25) is 4.79 Å². The van der Waals surface area contributed by atoms with E-state index < -0.39 is 0 Å². The molecule has 2 heterocycles. The fraction of sp³-hybridized carbons (Fsp3) is 0. The van der Waals surface area contributed by atoms with Crippen molar-refractivity contribution in [1.29, 1.82) is 0 Å². The van der Waals surface area contributed by atoms with Crippen LogP contribution in [0.3, 0.4) is 0 Å². The number of fused-ring (bicyclic) bond motifs is 1. The Kier molecular flexibility index (Phi) is 1.98. The van der Waals surface area contributed by atoms with Gasteiger partial charge in [0, 0.05) is 6.07 Å². The number of H-pyrrole nitrogens is 1. The summed E-state index contributed by atoms with van der Waals surface area (Å²) in [5, 5.41) is 9.72. The van der Waals surface area contributed by atoms with Gasteiger partial charge in [-0.15, -0.1) is 0 Å². The summed E-state index contributed by atoms with van der Waals surface area (Å²) < 4.78 is 5.32. The maximum atomic E-state index is 12.1. The highest BCUT2D eigenvalue weighted by atomic mass is 16.3. The van der Waals surface area contributed by atoms with E-state index in [-0.39, 0.29) is 11.2 Å². The zero-order valence-corrected chi connectivity index (χ0v) is 8.68. The molecule has 84 valence electrons. The summed E-state index contributed by atoms with van der Waals surface area (Å²) >= 11 is 0. The second kappa shape index (κ2) is 3.48. The van der Waals surface area contributed by atoms with E-state index in [2.05, 4.69) is 9.97 Å². The average molecular weight is 228 g/mol. The molecule has 2 N–H and O–H groups in total. The van der Waals surface area contributed by atoms with Crippen molar-refractivity contribution in [3.8, 4) is 17.0 Å². The average Bonchev–Trinajstić information content (AvgIpc) is 2.82. The van der Waals surface area contributed by atoms with Gasteiger partial charge in [-0.1, -0.05) is 0 Å². The van der Waals surface area contributed by atoms with Crippen LogP contribution in [-0.4, -0.2) is 15.1 Å². The Hall–Kier alpha value is -2.56. The lowest BCUT2D eigenvalue weighted by Gasteiger charge is -2.00. The van der Waals surface area contributed by atoms with Crippen molar-refractivity contribution in [2.75, 3.05) is 0 Å². The maximum Gasteiger partial charge on any atom is 0.202 e. The fourth-order valence-electron chi connectivity index (χ4n) is 1.71. The second-order valence-corrected chi connectivity index (χ2v) is 3.62. The lowest BCUT2D eigenvalue weighted by Crippen LogP contribution is -2.04. The highest BCUT2D eigenvalue weighted by Crippen LogP contribution is 2.20. The molecule has 0 aliphatic carbocycles. The van der Waals surface area contributed by atoms with Crippen molar-refractivity contribution in [2.24, 2.45) is 0 Å². The fourth-order valence-corrected chi connectivity index (χ4v) is 1.71. The number of phenols is 1. The van der Waals surface area contributed by atoms with Crippen LogP contribution in [0.1, 0.15) is 0 Å². The molecule has 0 bridgehead atoms. The van der Waals surface area contributed by atoms with Crippen LogP contribution in [0.15, 0.2) is 46.2 Å². The molecule has 0 unspecified atom stereocenters. The van der Waals surface area contributed by atoms with E-state index in [1.165, 1.54) is 30.8 Å². The third kappa shape index (κ3) is 1.48. The van der Waals surface area contributed by atoms with Crippen molar-refractivity contribution in [3.05, 3.63) is 47.2 Å². The largest absolute Gasteiger partial charge is 0.508 e. The van der Waals surface area contributed by atoms with Gasteiger partial charge in [0.05, 0.1) is 29.2 Å². The molecule has 0 aliphatic rings. The van der Waals surface area contributed by atoms with Gasteiger partial charge >= 0.3 is 0 Å². The lowest BCUT2D eigenvalue weighted by atomic mass is 10.1. The Bertz CT molecular complexity index is 729. The van der Waals surface area contributed by atoms with Crippen LogP contribution in [0.5, 0.6) is 5.75 Å². The van der Waals surface area contributed by atoms with Gasteiger partial charge in [-0.25, -0.2) is 4.98 Å². The van der Waals surface area contributed by atoms with Gasteiger partial charge in [-0.05, 0) is 12.1 Å². The minimum absolute atomic E-state index is 0.0648. The molecular formula is C12H8N2O3. The molecule has 1 aromatic carbocycles. The molecule has 5 heteroatoms. The number of rotatable bonds is 1. The normalized spacial score (nSPS) is 10.8. The summed E-state index contributed by atoms with van der Waals surface area (Å²) in [5.74, 6) is 0.0648. The van der Waals surface area contributed by atoms with Gasteiger partial charge in [0.15, 0.2) is 0 Å². The van der Waals surface area contributed by atoms with E-state index >= 15 is 0 Å². The van der Waals surface area contributed by atoms with Crippen molar-refractivity contribution in [2.45, 2.75) is 0 Å². The third-order valence-electron chi connectivity index (χ3n) is 2.55. The lowest BCUT2D eigenvalue weighted by molar-refractivity contribution is 0.474. The minimum Gasteiger partial charge on any atom is -0.508 e. The summed E-state index contributed by atoms with van der Waals surface area (Å²) in [6.07, 6.45) is 4.41. The summed E-state index contributed by atoms with van der Waals surface area (Å²) in [6.45, 7) is 0. The van der Waals surface area contributed by atoms with Crippen molar-refractivity contribution in [1.82, 2.24) is 9.97 Å². The second-order valence-electron chi connectivity index (χ2n) is 3.62. The Morgan fingerprint density at radius 3 is 3.00 bits per heavy atom. The minimum atomic E-state index is -0.157. The van der Waals surface area contributed by atoms with Crippen LogP contribution < -0.4 is 5.43 Å². The predicted octanol–water partition coefficient (Wildman–Crippen LogP) is 1.89. The first kappa shape index (κ1) is 9.65. The van der Waals surface area contributed by atoms with E-state index in [0.717, 1.165) is 0 Å². The molecule has 0 aliphatic heterocycles. The molecule has 17 heavy (non-hydrogen) atoms. The molecule has 2 aromatic heterocycles. The maximum absolute atomic E-state index is 12.1. The number of nitrogens with zero attached hydrogens (tertiary/aromatic N) is 1. The van der Waals surface area contributed by atoms with Gasteiger partial charge < -0.3 is 14.5 Å².